The van der Waals surface area contributed by atoms with Crippen LogP contribution in [0.2, 0.25) is 0 Å². The summed E-state index contributed by atoms with van der Waals surface area (Å²) in [6.07, 6.45) is 5.72. The Morgan fingerprint density at radius 3 is 2.84 bits per heavy atom. The molecule has 9 heteroatoms. The van der Waals surface area contributed by atoms with Crippen LogP contribution in [0.3, 0.4) is 0 Å². The van der Waals surface area contributed by atoms with E-state index < -0.39 is 0 Å². The fraction of sp³-hybridized carbons (Fsp3) is 0. The third-order valence-electron chi connectivity index (χ3n) is 3.40. The van der Waals surface area contributed by atoms with Gasteiger partial charge in [0.2, 0.25) is 5.95 Å². The number of nitrogen functional groups attached to an aromatic ring is 1. The van der Waals surface area contributed by atoms with E-state index in [1.807, 2.05) is 6.07 Å². The molecule has 1 aromatic carbocycles. The Morgan fingerprint density at radius 1 is 1.28 bits per heavy atom. The lowest BCUT2D eigenvalue weighted by atomic mass is 10.2. The van der Waals surface area contributed by atoms with Crippen LogP contribution in [0.25, 0.3) is 11.0 Å². The molecule has 9 nitrogen and oxygen atoms in total. The largest absolute Gasteiger partial charge is 0.404 e. The van der Waals surface area contributed by atoms with Gasteiger partial charge in [0.25, 0.3) is 0 Å². The van der Waals surface area contributed by atoms with Crippen LogP contribution in [-0.2, 0) is 0 Å². The van der Waals surface area contributed by atoms with Gasteiger partial charge in [-0.1, -0.05) is 0 Å². The fourth-order valence-corrected chi connectivity index (χ4v) is 2.24. The second-order valence-corrected chi connectivity index (χ2v) is 5.12. The van der Waals surface area contributed by atoms with Crippen molar-refractivity contribution in [2.75, 3.05) is 11.1 Å². The maximum absolute atomic E-state index is 7.28. The number of aliphatic imine (C=N–C) groups is 1. The first-order valence-electron chi connectivity index (χ1n) is 7.35. The van der Waals surface area contributed by atoms with E-state index in [9.17, 15) is 0 Å². The number of benzene rings is 1. The molecule has 3 rings (SSSR count). The van der Waals surface area contributed by atoms with Crippen LogP contribution in [0.15, 0.2) is 47.7 Å². The zero-order valence-corrected chi connectivity index (χ0v) is 13.2. The predicted molar refractivity (Wildman–Crippen MR) is 101 cm³/mol. The first kappa shape index (κ1) is 16.0. The molecule has 0 atom stereocenters. The van der Waals surface area contributed by atoms with Gasteiger partial charge in [0, 0.05) is 29.3 Å². The molecule has 0 bridgehead atoms. The molecule has 0 unspecified atom stereocenters. The van der Waals surface area contributed by atoms with Gasteiger partial charge >= 0.3 is 0 Å². The highest BCUT2D eigenvalue weighted by atomic mass is 15.1. The topological polar surface area (TPSA) is 168 Å². The molecule has 0 spiro atoms. The summed E-state index contributed by atoms with van der Waals surface area (Å²) >= 11 is 0. The monoisotopic (exact) mass is 335 g/mol. The molecule has 126 valence electrons. The Kier molecular flexibility index (Phi) is 4.29. The summed E-state index contributed by atoms with van der Waals surface area (Å²) in [5.74, 6) is 0.975. The van der Waals surface area contributed by atoms with Crippen LogP contribution in [0, 0.1) is 5.41 Å². The molecule has 0 aliphatic carbocycles. The highest BCUT2D eigenvalue weighted by molar-refractivity contribution is 5.97. The Balaban J connectivity index is 2.01. The zero-order chi connectivity index (χ0) is 17.8. The van der Waals surface area contributed by atoms with Crippen LogP contribution in [0.4, 0.5) is 23.1 Å². The molecule has 0 saturated carbocycles. The predicted octanol–water partition coefficient (Wildman–Crippen LogP) is 1.74. The van der Waals surface area contributed by atoms with E-state index in [-0.39, 0.29) is 5.84 Å². The van der Waals surface area contributed by atoms with Gasteiger partial charge in [-0.3, -0.25) is 0 Å². The Bertz CT molecular complexity index is 984. The first-order valence-corrected chi connectivity index (χ1v) is 7.35. The third-order valence-corrected chi connectivity index (χ3v) is 3.40. The van der Waals surface area contributed by atoms with E-state index in [1.54, 1.807) is 24.4 Å². The number of nitrogens with zero attached hydrogens (tertiary/aromatic N) is 3. The van der Waals surface area contributed by atoms with Crippen molar-refractivity contribution in [3.8, 4) is 0 Å². The summed E-state index contributed by atoms with van der Waals surface area (Å²) < 4.78 is 0. The molecule has 3 aromatic rings. The van der Waals surface area contributed by atoms with E-state index in [1.165, 1.54) is 18.5 Å². The number of hydrogen-bond acceptors (Lipinski definition) is 7. The van der Waals surface area contributed by atoms with Crippen molar-refractivity contribution in [3.63, 3.8) is 0 Å². The van der Waals surface area contributed by atoms with Crippen LogP contribution in [-0.4, -0.2) is 27.0 Å². The average molecular weight is 335 g/mol. The van der Waals surface area contributed by atoms with Gasteiger partial charge in [0.05, 0.1) is 5.39 Å². The molecule has 0 saturated heterocycles. The molecule has 2 heterocycles. The lowest BCUT2D eigenvalue weighted by Crippen LogP contribution is -2.08. The van der Waals surface area contributed by atoms with Gasteiger partial charge in [0.15, 0.2) is 5.82 Å². The summed E-state index contributed by atoms with van der Waals surface area (Å²) in [6.45, 7) is 0. The van der Waals surface area contributed by atoms with Gasteiger partial charge < -0.3 is 32.9 Å². The number of hydrogen-bond donors (Lipinski definition) is 6. The number of aromatic nitrogens is 3. The summed E-state index contributed by atoms with van der Waals surface area (Å²) in [7, 11) is 0. The minimum atomic E-state index is 0.231. The minimum Gasteiger partial charge on any atom is -0.404 e. The fourth-order valence-electron chi connectivity index (χ4n) is 2.24. The van der Waals surface area contributed by atoms with Crippen molar-refractivity contribution in [2.45, 2.75) is 0 Å². The maximum Gasteiger partial charge on any atom is 0.231 e. The number of anilines is 3. The molecule has 25 heavy (non-hydrogen) atoms. The second-order valence-electron chi connectivity index (χ2n) is 5.12. The quantitative estimate of drug-likeness (QED) is 0.236. The van der Waals surface area contributed by atoms with Crippen LogP contribution in [0.5, 0.6) is 0 Å². The third kappa shape index (κ3) is 3.39. The lowest BCUT2D eigenvalue weighted by molar-refractivity contribution is 1.18. The SMILES string of the molecule is N=Cc1ccc(Nc2nc(N=C(N)/C=C\N)c3cc[nH]c3n2)cc1N. The lowest BCUT2D eigenvalue weighted by Gasteiger charge is -2.08. The highest BCUT2D eigenvalue weighted by Crippen LogP contribution is 2.26. The van der Waals surface area contributed by atoms with Crippen molar-refractivity contribution >= 4 is 46.2 Å². The maximum atomic E-state index is 7.28. The van der Waals surface area contributed by atoms with E-state index in [4.69, 9.17) is 22.6 Å². The van der Waals surface area contributed by atoms with Crippen molar-refractivity contribution in [1.29, 1.82) is 5.41 Å². The Morgan fingerprint density at radius 2 is 2.12 bits per heavy atom. The summed E-state index contributed by atoms with van der Waals surface area (Å²) in [4.78, 5) is 16.1. The zero-order valence-electron chi connectivity index (χ0n) is 13.2. The molecular weight excluding hydrogens is 318 g/mol. The van der Waals surface area contributed by atoms with Gasteiger partial charge in [-0.2, -0.15) is 9.97 Å². The van der Waals surface area contributed by atoms with Gasteiger partial charge in [-0.05, 0) is 36.5 Å². The molecule has 0 aliphatic rings. The highest BCUT2D eigenvalue weighted by Gasteiger charge is 2.09. The van der Waals surface area contributed by atoms with E-state index in [0.717, 1.165) is 5.39 Å². The van der Waals surface area contributed by atoms with E-state index in [2.05, 4.69) is 25.3 Å². The smallest absolute Gasteiger partial charge is 0.231 e. The molecule has 9 N–H and O–H groups in total. The van der Waals surface area contributed by atoms with Gasteiger partial charge in [-0.25, -0.2) is 4.99 Å². The molecule has 0 fully saturated rings. The summed E-state index contributed by atoms with van der Waals surface area (Å²) in [5.41, 5.74) is 19.4. The number of amidine groups is 1. The minimum absolute atomic E-state index is 0.231. The van der Waals surface area contributed by atoms with E-state index >= 15 is 0 Å². The first-order chi connectivity index (χ1) is 12.1. The number of fused-ring (bicyclic) bond motifs is 1. The number of nitrogens with two attached hydrogens (primary N) is 3. The van der Waals surface area contributed by atoms with Crippen LogP contribution >= 0.6 is 0 Å². The standard InChI is InChI=1S/C16H17N9/c17-5-3-13(20)23-15-11-4-6-21-14(11)24-16(25-15)22-10-2-1-9(8-18)12(19)7-10/h1-8,18H,17,19H2,(H4,20,21,22,23,24,25)/b5-3-,18-8?. The second kappa shape index (κ2) is 6.71. The van der Waals surface area contributed by atoms with Gasteiger partial charge in [-0.15, -0.1) is 0 Å². The van der Waals surface area contributed by atoms with Crippen molar-refractivity contribution < 1.29 is 0 Å². The normalized spacial score (nSPS) is 11.9. The molecule has 0 radical (unpaired) electrons. The number of rotatable bonds is 5. The Labute approximate surface area is 143 Å². The van der Waals surface area contributed by atoms with Crippen LogP contribution in [0.1, 0.15) is 5.56 Å². The Hall–Kier alpha value is -3.88. The number of aromatic amines is 1. The average Bonchev–Trinajstić information content (AvgIpc) is 3.04. The van der Waals surface area contributed by atoms with Crippen molar-refractivity contribution in [1.82, 2.24) is 15.0 Å². The molecule has 0 amide bonds. The molecule has 2 aromatic heterocycles. The molecule has 0 aliphatic heterocycles. The molecular formula is C16H17N9. The summed E-state index contributed by atoms with van der Waals surface area (Å²) in [6, 6.07) is 7.04. The number of H-pyrrole nitrogens is 1. The van der Waals surface area contributed by atoms with E-state index in [0.29, 0.717) is 34.4 Å². The summed E-state index contributed by atoms with van der Waals surface area (Å²) in [5, 5.41) is 11.1. The van der Waals surface area contributed by atoms with Gasteiger partial charge in [0.1, 0.15) is 11.5 Å². The van der Waals surface area contributed by atoms with Crippen molar-refractivity contribution in [2.24, 2.45) is 16.5 Å². The van der Waals surface area contributed by atoms with Crippen molar-refractivity contribution in [3.05, 3.63) is 48.3 Å². The van der Waals surface area contributed by atoms with Crippen LogP contribution < -0.4 is 22.5 Å². The number of nitrogens with one attached hydrogen (secondary N) is 3.